The fourth-order valence-corrected chi connectivity index (χ4v) is 6.44. The SMILES string of the molecule is CC/C=C1/N=C([O-])\C=C\[C@H](C(C)C)OC(=O)C(C)(C)[C@H](C[C@H](/C=C/C=C/C/C=C\CCC(C)C)OC)OC(=O)CNC(=O)[C@H](CNC(N)=O)NC(=O)CNC(=O)[C@@H](CCCNC(=O)NS(=O)(=O)O)NC1=O.[Na+]. The predicted octanol–water partition coefficient (Wildman–Crippen LogP) is -2.23. The minimum atomic E-state index is -4.89. The van der Waals surface area contributed by atoms with Gasteiger partial charge in [0, 0.05) is 26.6 Å². The van der Waals surface area contributed by atoms with Gasteiger partial charge in [-0.15, -0.1) is 0 Å². The first-order chi connectivity index (χ1) is 33.3. The zero-order chi connectivity index (χ0) is 53.7. The molecule has 0 unspecified atom stereocenters. The number of nitrogens with zero attached hydrogens (tertiary/aromatic N) is 1. The Morgan fingerprint density at radius 1 is 0.986 bits per heavy atom. The molecule has 24 nitrogen and oxygen atoms in total. The molecule has 0 saturated heterocycles. The van der Waals surface area contributed by atoms with Gasteiger partial charge < -0.3 is 57.0 Å². The number of carbonyl (C=O) groups is 8. The van der Waals surface area contributed by atoms with Gasteiger partial charge in [0.15, 0.2) is 0 Å². The van der Waals surface area contributed by atoms with Gasteiger partial charge in [0.05, 0.1) is 18.1 Å². The summed E-state index contributed by atoms with van der Waals surface area (Å²) in [5.41, 5.74) is 3.17. The van der Waals surface area contributed by atoms with Crippen LogP contribution in [0.15, 0.2) is 65.4 Å². The number of urea groups is 2. The van der Waals surface area contributed by atoms with Crippen molar-refractivity contribution in [3.8, 4) is 0 Å². The van der Waals surface area contributed by atoms with Crippen LogP contribution in [0.25, 0.3) is 0 Å². The van der Waals surface area contributed by atoms with E-state index in [0.717, 1.165) is 18.9 Å². The number of amides is 8. The number of hydrogen-bond donors (Lipinski definition) is 9. The zero-order valence-corrected chi connectivity index (χ0v) is 45.4. The number of methoxy groups -OCH3 is 1. The van der Waals surface area contributed by atoms with Crippen LogP contribution in [0.1, 0.15) is 93.4 Å². The molecule has 5 atom stereocenters. The molecule has 0 spiro atoms. The first kappa shape index (κ1) is 66.4. The normalized spacial score (nSPS) is 22.6. The number of hydrogen-bond acceptors (Lipinski definition) is 15. The number of carbonyl (C=O) groups excluding carboxylic acids is 8. The van der Waals surface area contributed by atoms with Crippen LogP contribution in [0, 0.1) is 17.3 Å². The van der Waals surface area contributed by atoms with E-state index in [1.807, 2.05) is 12.2 Å². The van der Waals surface area contributed by atoms with Gasteiger partial charge in [0.1, 0.15) is 36.5 Å². The number of primary amides is 1. The van der Waals surface area contributed by atoms with Gasteiger partial charge in [-0.2, -0.15) is 8.42 Å². The largest absolute Gasteiger partial charge is 1.00 e. The Labute approximate surface area is 443 Å². The first-order valence-electron chi connectivity index (χ1n) is 23.1. The second-order valence-corrected chi connectivity index (χ2v) is 18.6. The van der Waals surface area contributed by atoms with Crippen molar-refractivity contribution in [2.75, 3.05) is 33.3 Å². The van der Waals surface area contributed by atoms with Crippen LogP contribution in [0.5, 0.6) is 0 Å². The molecule has 0 aromatic carbocycles. The molecule has 0 radical (unpaired) electrons. The summed E-state index contributed by atoms with van der Waals surface area (Å²) in [6.45, 7) is 9.83. The number of allylic oxidation sites excluding steroid dienone is 6. The smallest absolute Gasteiger partial charge is 0.859 e. The average molecular weight is 1050 g/mol. The van der Waals surface area contributed by atoms with Gasteiger partial charge in [-0.3, -0.25) is 38.3 Å². The van der Waals surface area contributed by atoms with Crippen molar-refractivity contribution in [1.29, 1.82) is 0 Å². The van der Waals surface area contributed by atoms with Crippen LogP contribution in [-0.2, 0) is 53.3 Å². The summed E-state index contributed by atoms with van der Waals surface area (Å²) < 4.78 is 49.5. The van der Waals surface area contributed by atoms with Gasteiger partial charge in [-0.05, 0) is 76.2 Å². The van der Waals surface area contributed by atoms with Crippen molar-refractivity contribution < 1.29 is 100 Å². The van der Waals surface area contributed by atoms with Crippen LogP contribution in [-0.4, -0.2) is 130 Å². The third kappa shape index (κ3) is 28.4. The maximum Gasteiger partial charge on any atom is 1.00 e. The summed E-state index contributed by atoms with van der Waals surface area (Å²) in [5, 5.41) is 26.9. The van der Waals surface area contributed by atoms with Gasteiger partial charge in [-0.1, -0.05) is 83.2 Å². The number of esters is 2. The molecule has 26 heteroatoms. The number of ether oxygens (including phenoxy) is 3. The summed E-state index contributed by atoms with van der Waals surface area (Å²) in [6.07, 6.45) is 14.4. The number of cyclic esters (lactones) is 2. The number of nitrogens with one attached hydrogen (secondary N) is 7. The second kappa shape index (κ2) is 34.7. The van der Waals surface area contributed by atoms with Gasteiger partial charge in [-0.25, -0.2) is 14.3 Å². The Balaban J connectivity index is 0.0000504. The van der Waals surface area contributed by atoms with E-state index in [1.165, 1.54) is 37.8 Å². The summed E-state index contributed by atoms with van der Waals surface area (Å²) in [5.74, 6) is -6.66. The van der Waals surface area contributed by atoms with E-state index in [2.05, 4.69) is 62.9 Å². The molecule has 398 valence electrons. The zero-order valence-electron chi connectivity index (χ0n) is 42.6. The number of aliphatic imine (C=N–C) groups is 1. The molecule has 1 aliphatic heterocycles. The van der Waals surface area contributed by atoms with Gasteiger partial charge in [0.2, 0.25) is 17.7 Å². The van der Waals surface area contributed by atoms with Crippen molar-refractivity contribution in [1.82, 2.24) is 36.6 Å². The fourth-order valence-electron chi connectivity index (χ4n) is 6.13. The average Bonchev–Trinajstić information content (AvgIpc) is 3.28. The van der Waals surface area contributed by atoms with Gasteiger partial charge in [0.25, 0.3) is 5.91 Å². The van der Waals surface area contributed by atoms with Gasteiger partial charge >= 0.3 is 63.9 Å². The molecule has 10 N–H and O–H groups in total. The van der Waals surface area contributed by atoms with E-state index < -0.39 is 131 Å². The maximum absolute atomic E-state index is 14.1. The van der Waals surface area contributed by atoms with Crippen molar-refractivity contribution >= 4 is 63.8 Å². The summed E-state index contributed by atoms with van der Waals surface area (Å²) in [4.78, 5) is 108. The molecule has 0 bridgehead atoms. The van der Waals surface area contributed by atoms with E-state index in [-0.39, 0.29) is 61.8 Å². The minimum absolute atomic E-state index is 0. The third-order valence-electron chi connectivity index (χ3n) is 10.2. The Hall–Kier alpha value is -5.60. The van der Waals surface area contributed by atoms with Crippen LogP contribution in [0.3, 0.4) is 0 Å². The molecular weight excluding hydrogens is 974 g/mol. The molecule has 0 aromatic rings. The molecular formula is C46H72N9NaO15S. The molecule has 0 fully saturated rings. The molecule has 8 amide bonds. The van der Waals surface area contributed by atoms with Crippen molar-refractivity contribution in [3.05, 3.63) is 60.4 Å². The number of rotatable bonds is 19. The van der Waals surface area contributed by atoms with Crippen molar-refractivity contribution in [2.24, 2.45) is 28.0 Å². The van der Waals surface area contributed by atoms with Crippen LogP contribution < -0.4 is 77.0 Å². The monoisotopic (exact) mass is 1050 g/mol. The maximum atomic E-state index is 14.1. The molecule has 72 heavy (non-hydrogen) atoms. The molecule has 1 heterocycles. The van der Waals surface area contributed by atoms with E-state index >= 15 is 0 Å². The standard InChI is InChI=1S/C46H73N9O15S.Na/c1-9-18-32-42(61)54-33(21-17-24-48-45(64)55-71(65,66)67)40(59)49-27-38(57)53-34(26-51-44(47)63)41(60)50-28-39(58)70-36(25-31(68-8)20-16-14-12-10-11-13-15-19-29(2)3)46(6,7)43(62)69-35(30(4)5)22-23-37(56)52-32;/h11-14,16,18,20,22-23,29-31,33-36H,9-10,15,17,19,21,24-28H2,1-8H3,(H,49,59)(H,50,60)(H,52,56)(H,53,57)(H,54,61)(H3,47,51,63)(H2,48,55,64)(H,65,66,67);/q;+1/p-1/b13-11-,14-12+,20-16+,23-22+,32-18+;/t31-,33+,34-,35+,36-;/m0./s1. The quantitative estimate of drug-likeness (QED) is 0.0126. The van der Waals surface area contributed by atoms with Crippen LogP contribution >= 0.6 is 0 Å². The topological polar surface area (TPSA) is 364 Å². The van der Waals surface area contributed by atoms with Crippen molar-refractivity contribution in [2.45, 2.75) is 124 Å². The first-order valence-corrected chi connectivity index (χ1v) is 24.5. The van der Waals surface area contributed by atoms with E-state index in [1.54, 1.807) is 32.9 Å². The third-order valence-corrected chi connectivity index (χ3v) is 10.7. The van der Waals surface area contributed by atoms with Crippen molar-refractivity contribution in [3.63, 3.8) is 0 Å². The summed E-state index contributed by atoms with van der Waals surface area (Å²) in [6, 6.07) is -5.45. The minimum Gasteiger partial charge on any atom is -0.859 e. The van der Waals surface area contributed by atoms with Crippen LogP contribution in [0.4, 0.5) is 9.59 Å². The predicted molar refractivity (Wildman–Crippen MR) is 260 cm³/mol. The molecule has 1 aliphatic rings. The van der Waals surface area contributed by atoms with E-state index in [4.69, 9.17) is 24.5 Å². The molecule has 0 aromatic heterocycles. The second-order valence-electron chi connectivity index (χ2n) is 17.4. The Kier molecular flexibility index (Phi) is 32.0. The van der Waals surface area contributed by atoms with E-state index in [9.17, 15) is 51.9 Å². The molecule has 1 rings (SSSR count). The Morgan fingerprint density at radius 3 is 2.26 bits per heavy atom. The molecule has 0 saturated carbocycles. The van der Waals surface area contributed by atoms with Crippen LogP contribution in [0.2, 0.25) is 0 Å². The van der Waals surface area contributed by atoms with E-state index in [0.29, 0.717) is 12.3 Å². The fraction of sp³-hybridized carbons (Fsp3) is 0.587. The molecule has 0 aliphatic carbocycles. The summed E-state index contributed by atoms with van der Waals surface area (Å²) in [7, 11) is -3.46. The Morgan fingerprint density at radius 2 is 1.65 bits per heavy atom. The Bertz CT molecular complexity index is 2130. The summed E-state index contributed by atoms with van der Waals surface area (Å²) >= 11 is 0. The number of nitrogens with two attached hydrogens (primary N) is 1.